The highest BCUT2D eigenvalue weighted by Gasteiger charge is 2.30. The molecule has 0 amide bonds. The highest BCUT2D eigenvalue weighted by Crippen LogP contribution is 2.40. The number of carboxylic acid groups (broad SMARTS) is 1. The number of anilines is 2. The van der Waals surface area contributed by atoms with Gasteiger partial charge in [0.2, 0.25) is 0 Å². The Bertz CT molecular complexity index is 1140. The second-order valence-electron chi connectivity index (χ2n) is 7.55. The van der Waals surface area contributed by atoms with Gasteiger partial charge in [0.15, 0.2) is 0 Å². The smallest absolute Gasteiger partial charge is 0.339 e. The third-order valence-corrected chi connectivity index (χ3v) is 5.69. The number of halogens is 1. The molecule has 0 unspecified atom stereocenters. The molecule has 3 aromatic rings. The Morgan fingerprint density at radius 1 is 1.27 bits per heavy atom. The lowest BCUT2D eigenvalue weighted by atomic mass is 10.0. The molecular formula is C22H21FN4O3. The minimum Gasteiger partial charge on any atom is -0.493 e. The Kier molecular flexibility index (Phi) is 4.61. The molecular weight excluding hydrogens is 387 g/mol. The fourth-order valence-electron chi connectivity index (χ4n) is 4.30. The number of carboxylic acids is 1. The van der Waals surface area contributed by atoms with Crippen molar-refractivity contribution in [3.05, 3.63) is 53.5 Å². The SMILES string of the molecule is O=C(O)c1cnc2ccc3nc2c1NCCCOc1ccc(F)cc1[C@H]1CCCN31. The zero-order valence-corrected chi connectivity index (χ0v) is 16.3. The van der Waals surface area contributed by atoms with Gasteiger partial charge in [0.25, 0.3) is 0 Å². The van der Waals surface area contributed by atoms with Crippen molar-refractivity contribution in [1.82, 2.24) is 9.97 Å². The third-order valence-electron chi connectivity index (χ3n) is 5.69. The van der Waals surface area contributed by atoms with E-state index in [9.17, 15) is 14.3 Å². The Morgan fingerprint density at radius 3 is 3.03 bits per heavy atom. The maximum absolute atomic E-state index is 14.1. The molecule has 4 heterocycles. The van der Waals surface area contributed by atoms with Crippen molar-refractivity contribution in [2.45, 2.75) is 25.3 Å². The Hall–Kier alpha value is -3.42. The minimum atomic E-state index is -1.05. The van der Waals surface area contributed by atoms with Crippen LogP contribution in [0.4, 0.5) is 15.9 Å². The normalized spacial score (nSPS) is 18.4. The van der Waals surface area contributed by atoms with Gasteiger partial charge in [-0.1, -0.05) is 0 Å². The lowest BCUT2D eigenvalue weighted by Crippen LogP contribution is -2.24. The van der Waals surface area contributed by atoms with Gasteiger partial charge in [-0.15, -0.1) is 0 Å². The molecule has 1 atom stereocenters. The summed E-state index contributed by atoms with van der Waals surface area (Å²) < 4.78 is 20.1. The molecule has 2 aliphatic heterocycles. The molecule has 0 radical (unpaired) electrons. The first-order valence-electron chi connectivity index (χ1n) is 10.1. The molecule has 154 valence electrons. The van der Waals surface area contributed by atoms with Crippen LogP contribution in [0.5, 0.6) is 5.75 Å². The van der Waals surface area contributed by atoms with Crippen molar-refractivity contribution in [1.29, 1.82) is 0 Å². The van der Waals surface area contributed by atoms with Gasteiger partial charge < -0.3 is 20.1 Å². The van der Waals surface area contributed by atoms with E-state index in [1.165, 1.54) is 12.3 Å². The van der Waals surface area contributed by atoms with E-state index in [0.717, 1.165) is 24.9 Å². The summed E-state index contributed by atoms with van der Waals surface area (Å²) in [7, 11) is 0. The number of pyridine rings is 2. The molecule has 2 aliphatic rings. The van der Waals surface area contributed by atoms with Gasteiger partial charge in [-0.2, -0.15) is 0 Å². The molecule has 0 spiro atoms. The van der Waals surface area contributed by atoms with Gasteiger partial charge >= 0.3 is 5.97 Å². The van der Waals surface area contributed by atoms with Gasteiger partial charge in [0.1, 0.15) is 28.5 Å². The maximum atomic E-state index is 14.1. The summed E-state index contributed by atoms with van der Waals surface area (Å²) in [5.41, 5.74) is 2.52. The minimum absolute atomic E-state index is 0.0616. The van der Waals surface area contributed by atoms with E-state index in [1.54, 1.807) is 12.1 Å². The van der Waals surface area contributed by atoms with Gasteiger partial charge in [0.05, 0.1) is 23.9 Å². The Labute approximate surface area is 172 Å². The van der Waals surface area contributed by atoms with Crippen molar-refractivity contribution >= 4 is 28.5 Å². The first-order chi connectivity index (χ1) is 14.6. The monoisotopic (exact) mass is 408 g/mol. The third kappa shape index (κ3) is 3.18. The summed E-state index contributed by atoms with van der Waals surface area (Å²) in [6, 6.07) is 8.33. The number of carbonyl (C=O) groups is 1. The first-order valence-corrected chi connectivity index (χ1v) is 10.1. The Balaban J connectivity index is 1.69. The van der Waals surface area contributed by atoms with Crippen molar-refractivity contribution in [3.63, 3.8) is 0 Å². The van der Waals surface area contributed by atoms with Gasteiger partial charge in [-0.05, 0) is 49.6 Å². The lowest BCUT2D eigenvalue weighted by Gasteiger charge is -2.28. The molecule has 30 heavy (non-hydrogen) atoms. The highest BCUT2D eigenvalue weighted by molar-refractivity contribution is 6.03. The van der Waals surface area contributed by atoms with Crippen LogP contribution in [0.25, 0.3) is 11.0 Å². The van der Waals surface area contributed by atoms with Crippen LogP contribution >= 0.6 is 0 Å². The fraction of sp³-hybridized carbons (Fsp3) is 0.318. The van der Waals surface area contributed by atoms with E-state index in [1.807, 2.05) is 12.1 Å². The molecule has 2 aromatic heterocycles. The average molecular weight is 408 g/mol. The number of hydrogen-bond acceptors (Lipinski definition) is 6. The summed E-state index contributed by atoms with van der Waals surface area (Å²) in [6.45, 7) is 1.71. The van der Waals surface area contributed by atoms with E-state index in [2.05, 4.69) is 15.2 Å². The van der Waals surface area contributed by atoms with Gasteiger partial charge in [0, 0.05) is 24.8 Å². The summed E-state index contributed by atoms with van der Waals surface area (Å²) >= 11 is 0. The van der Waals surface area contributed by atoms with Gasteiger partial charge in [-0.3, -0.25) is 4.98 Å². The van der Waals surface area contributed by atoms with Crippen LogP contribution in [0.2, 0.25) is 0 Å². The number of nitrogens with one attached hydrogen (secondary N) is 1. The molecule has 1 fully saturated rings. The van der Waals surface area contributed by atoms with Crippen molar-refractivity contribution in [2.75, 3.05) is 29.9 Å². The van der Waals surface area contributed by atoms with Crippen LogP contribution < -0.4 is 15.0 Å². The van der Waals surface area contributed by atoms with Gasteiger partial charge in [-0.25, -0.2) is 14.2 Å². The number of hydrogen-bond donors (Lipinski definition) is 2. The second-order valence-corrected chi connectivity index (χ2v) is 7.55. The molecule has 5 rings (SSSR count). The summed E-state index contributed by atoms with van der Waals surface area (Å²) in [5, 5.41) is 12.8. The number of fused-ring (bicyclic) bond motifs is 5. The molecule has 7 nitrogen and oxygen atoms in total. The first kappa shape index (κ1) is 18.6. The molecule has 2 N–H and O–H groups in total. The number of aromatic nitrogens is 2. The zero-order valence-electron chi connectivity index (χ0n) is 16.3. The van der Waals surface area contributed by atoms with Crippen LogP contribution in [0, 0.1) is 5.82 Å². The molecule has 1 saturated heterocycles. The predicted octanol–water partition coefficient (Wildman–Crippen LogP) is 4.00. The molecule has 0 saturated carbocycles. The van der Waals surface area contributed by atoms with Crippen LogP contribution in [0.15, 0.2) is 36.5 Å². The maximum Gasteiger partial charge on any atom is 0.339 e. The van der Waals surface area contributed by atoms with E-state index in [-0.39, 0.29) is 17.4 Å². The van der Waals surface area contributed by atoms with Crippen LogP contribution in [0.1, 0.15) is 41.2 Å². The number of rotatable bonds is 1. The van der Waals surface area contributed by atoms with Crippen LogP contribution in [-0.2, 0) is 0 Å². The molecule has 0 aliphatic carbocycles. The fourth-order valence-corrected chi connectivity index (χ4v) is 4.30. The highest BCUT2D eigenvalue weighted by atomic mass is 19.1. The standard InChI is InChI=1S/C22H21FN4O3/c23-13-4-6-18-14(11-13)17-3-1-9-27(17)19-7-5-16-21(26-19)20(24-8-2-10-30-18)15(12-25-16)22(28)29/h4-7,11-12,17,24H,1-3,8-10H2,(H,28,29)/t17-/m1/s1. The van der Waals surface area contributed by atoms with E-state index in [0.29, 0.717) is 47.9 Å². The Morgan fingerprint density at radius 2 is 2.17 bits per heavy atom. The van der Waals surface area contributed by atoms with E-state index >= 15 is 0 Å². The summed E-state index contributed by atoms with van der Waals surface area (Å²) in [4.78, 5) is 23.0. The summed E-state index contributed by atoms with van der Waals surface area (Å²) in [5.74, 6) is 0.0479. The average Bonchev–Trinajstić information content (AvgIpc) is 3.23. The largest absolute Gasteiger partial charge is 0.493 e. The summed E-state index contributed by atoms with van der Waals surface area (Å²) in [6.07, 6.45) is 3.81. The van der Waals surface area contributed by atoms with Crippen molar-refractivity contribution < 1.29 is 19.0 Å². The lowest BCUT2D eigenvalue weighted by molar-refractivity contribution is 0.0697. The molecule has 8 heteroatoms. The molecule has 1 aromatic carbocycles. The zero-order chi connectivity index (χ0) is 20.7. The number of ether oxygens (including phenoxy) is 1. The van der Waals surface area contributed by atoms with Crippen molar-refractivity contribution in [2.24, 2.45) is 0 Å². The number of nitrogens with zero attached hydrogens (tertiary/aromatic N) is 3. The van der Waals surface area contributed by atoms with E-state index < -0.39 is 5.97 Å². The van der Waals surface area contributed by atoms with E-state index in [4.69, 9.17) is 9.72 Å². The second kappa shape index (κ2) is 7.44. The van der Waals surface area contributed by atoms with Crippen LogP contribution in [-0.4, -0.2) is 40.7 Å². The van der Waals surface area contributed by atoms with Crippen LogP contribution in [0.3, 0.4) is 0 Å². The topological polar surface area (TPSA) is 87.6 Å². The number of aromatic carboxylic acids is 1. The van der Waals surface area contributed by atoms with Crippen molar-refractivity contribution in [3.8, 4) is 5.75 Å². The predicted molar refractivity (Wildman–Crippen MR) is 111 cm³/mol. The quantitative estimate of drug-likeness (QED) is 0.629. The molecule has 2 bridgehead atoms. The number of benzene rings is 1.